The van der Waals surface area contributed by atoms with Crippen LogP contribution in [-0.4, -0.2) is 51.4 Å². The average Bonchev–Trinajstić information content (AvgIpc) is 2.94. The van der Waals surface area contributed by atoms with E-state index < -0.39 is 0 Å². The number of H-pyrrole nitrogens is 1. The molecule has 2 N–H and O–H groups in total. The van der Waals surface area contributed by atoms with Crippen LogP contribution in [0.15, 0.2) is 0 Å². The third-order valence-corrected chi connectivity index (χ3v) is 3.98. The molecule has 7 nitrogen and oxygen atoms in total. The maximum absolute atomic E-state index is 12.3. The molecule has 0 aliphatic carbocycles. The van der Waals surface area contributed by atoms with Crippen LogP contribution in [0.2, 0.25) is 0 Å². The number of nitrogens with one attached hydrogen (secondary N) is 2. The molecule has 1 aromatic rings. The summed E-state index contributed by atoms with van der Waals surface area (Å²) in [6.45, 7) is 12.4. The van der Waals surface area contributed by atoms with Crippen LogP contribution in [0.3, 0.4) is 0 Å². The number of carbonyl (C=O) groups excluding carboxylic acids is 1. The fourth-order valence-corrected chi connectivity index (χ4v) is 2.30. The molecule has 22 heavy (non-hydrogen) atoms. The molecule has 124 valence electrons. The summed E-state index contributed by atoms with van der Waals surface area (Å²) in [4.78, 5) is 18.5. The van der Waals surface area contributed by atoms with Crippen molar-refractivity contribution in [1.82, 2.24) is 25.4 Å². The third-order valence-electron chi connectivity index (χ3n) is 3.98. The van der Waals surface area contributed by atoms with Crippen molar-refractivity contribution in [2.24, 2.45) is 0 Å². The van der Waals surface area contributed by atoms with Crippen molar-refractivity contribution >= 4 is 6.03 Å². The minimum atomic E-state index is -0.249. The number of aromatic nitrogens is 3. The zero-order chi connectivity index (χ0) is 16.4. The van der Waals surface area contributed by atoms with E-state index in [2.05, 4.69) is 48.2 Å². The fraction of sp³-hybridized carbons (Fsp3) is 0.800. The summed E-state index contributed by atoms with van der Waals surface area (Å²) in [6, 6.07) is -0.0864. The van der Waals surface area contributed by atoms with Crippen LogP contribution in [0.4, 0.5) is 4.79 Å². The first-order chi connectivity index (χ1) is 10.2. The molecule has 2 heterocycles. The van der Waals surface area contributed by atoms with Gasteiger partial charge in [-0.05, 0) is 13.3 Å². The Morgan fingerprint density at radius 3 is 2.82 bits per heavy atom. The lowest BCUT2D eigenvalue weighted by Gasteiger charge is -2.39. The number of urea groups is 1. The first-order valence-electron chi connectivity index (χ1n) is 7.82. The summed E-state index contributed by atoms with van der Waals surface area (Å²) in [5, 5.41) is 9.97. The van der Waals surface area contributed by atoms with Crippen LogP contribution in [0.25, 0.3) is 0 Å². The van der Waals surface area contributed by atoms with Crippen molar-refractivity contribution in [3.8, 4) is 0 Å². The molecule has 2 amide bonds. The van der Waals surface area contributed by atoms with Gasteiger partial charge in [-0.2, -0.15) is 5.10 Å². The van der Waals surface area contributed by atoms with Gasteiger partial charge in [-0.1, -0.05) is 27.7 Å². The monoisotopic (exact) mass is 309 g/mol. The van der Waals surface area contributed by atoms with Crippen LogP contribution >= 0.6 is 0 Å². The van der Waals surface area contributed by atoms with E-state index in [1.807, 2.05) is 6.92 Å². The second kappa shape index (κ2) is 6.24. The van der Waals surface area contributed by atoms with Crippen LogP contribution in [-0.2, 0) is 16.7 Å². The Hall–Kier alpha value is -1.63. The molecule has 1 saturated heterocycles. The highest BCUT2D eigenvalue weighted by atomic mass is 16.5. The predicted molar refractivity (Wildman–Crippen MR) is 83.5 cm³/mol. The minimum absolute atomic E-state index is 0.0864. The molecule has 1 unspecified atom stereocenters. The van der Waals surface area contributed by atoms with Gasteiger partial charge in [0, 0.05) is 12.0 Å². The topological polar surface area (TPSA) is 83.1 Å². The fourth-order valence-electron chi connectivity index (χ4n) is 2.30. The van der Waals surface area contributed by atoms with Gasteiger partial charge in [0.15, 0.2) is 5.82 Å². The van der Waals surface area contributed by atoms with Crippen LogP contribution in [0, 0.1) is 0 Å². The van der Waals surface area contributed by atoms with E-state index in [4.69, 9.17) is 4.74 Å². The number of morpholine rings is 1. The molecule has 0 saturated carbocycles. The van der Waals surface area contributed by atoms with Crippen molar-refractivity contribution in [2.45, 2.75) is 58.6 Å². The molecule has 1 fully saturated rings. The highest BCUT2D eigenvalue weighted by Crippen LogP contribution is 2.21. The highest BCUT2D eigenvalue weighted by Gasteiger charge is 2.32. The lowest BCUT2D eigenvalue weighted by atomic mass is 9.96. The second-order valence-electron chi connectivity index (χ2n) is 7.09. The van der Waals surface area contributed by atoms with E-state index in [0.29, 0.717) is 32.1 Å². The molecular formula is C15H27N5O2. The zero-order valence-electron chi connectivity index (χ0n) is 14.2. The number of aromatic amines is 1. The molecule has 0 radical (unpaired) electrons. The number of rotatable bonds is 3. The quantitative estimate of drug-likeness (QED) is 0.892. The van der Waals surface area contributed by atoms with E-state index in [9.17, 15) is 4.79 Å². The Morgan fingerprint density at radius 2 is 2.23 bits per heavy atom. The molecule has 2 rings (SSSR count). The van der Waals surface area contributed by atoms with Gasteiger partial charge in [0.1, 0.15) is 5.82 Å². The van der Waals surface area contributed by atoms with Crippen molar-refractivity contribution < 1.29 is 9.53 Å². The first-order valence-corrected chi connectivity index (χ1v) is 7.82. The van der Waals surface area contributed by atoms with Gasteiger partial charge in [0.25, 0.3) is 0 Å². The summed E-state index contributed by atoms with van der Waals surface area (Å²) in [5.41, 5.74) is -0.354. The Kier molecular flexibility index (Phi) is 4.75. The normalized spacial score (nSPS) is 22.7. The summed E-state index contributed by atoms with van der Waals surface area (Å²) in [5.74, 6) is 1.42. The molecule has 1 aliphatic rings. The van der Waals surface area contributed by atoms with E-state index in [-0.39, 0.29) is 17.0 Å². The van der Waals surface area contributed by atoms with Gasteiger partial charge < -0.3 is 15.0 Å². The maximum atomic E-state index is 12.3. The zero-order valence-corrected chi connectivity index (χ0v) is 14.2. The van der Waals surface area contributed by atoms with Crippen molar-refractivity contribution in [3.63, 3.8) is 0 Å². The SMILES string of the molecule is CCC1(C)CN(C(=O)NCc2nc(C(C)(C)C)n[nH]2)CCO1. The Bertz CT molecular complexity index is 522. The Balaban J connectivity index is 1.89. The predicted octanol–water partition coefficient (Wildman–Crippen LogP) is 1.81. The molecular weight excluding hydrogens is 282 g/mol. The lowest BCUT2D eigenvalue weighted by molar-refractivity contribution is -0.0872. The van der Waals surface area contributed by atoms with Crippen molar-refractivity contribution in [2.75, 3.05) is 19.7 Å². The van der Waals surface area contributed by atoms with Crippen LogP contribution in [0.5, 0.6) is 0 Å². The number of carbonyl (C=O) groups is 1. The van der Waals surface area contributed by atoms with E-state index in [1.54, 1.807) is 4.90 Å². The Labute approximate surface area is 131 Å². The van der Waals surface area contributed by atoms with Gasteiger partial charge in [0.2, 0.25) is 0 Å². The highest BCUT2D eigenvalue weighted by molar-refractivity contribution is 5.74. The number of hydrogen-bond donors (Lipinski definition) is 2. The number of hydrogen-bond acceptors (Lipinski definition) is 4. The van der Waals surface area contributed by atoms with Crippen LogP contribution in [0.1, 0.15) is 52.7 Å². The smallest absolute Gasteiger partial charge is 0.317 e. The van der Waals surface area contributed by atoms with Crippen molar-refractivity contribution in [1.29, 1.82) is 0 Å². The van der Waals surface area contributed by atoms with Crippen LogP contribution < -0.4 is 5.32 Å². The van der Waals surface area contributed by atoms with E-state index >= 15 is 0 Å². The Morgan fingerprint density at radius 1 is 1.50 bits per heavy atom. The summed E-state index contributed by atoms with van der Waals surface area (Å²) in [6.07, 6.45) is 0.883. The first kappa shape index (κ1) is 16.7. The summed E-state index contributed by atoms with van der Waals surface area (Å²) < 4.78 is 5.75. The maximum Gasteiger partial charge on any atom is 0.317 e. The number of ether oxygens (including phenoxy) is 1. The molecule has 0 bridgehead atoms. The molecule has 1 aromatic heterocycles. The summed E-state index contributed by atoms with van der Waals surface area (Å²) in [7, 11) is 0. The van der Waals surface area contributed by atoms with E-state index in [1.165, 1.54) is 0 Å². The van der Waals surface area contributed by atoms with Gasteiger partial charge in [-0.15, -0.1) is 0 Å². The molecule has 1 aliphatic heterocycles. The number of nitrogens with zero attached hydrogens (tertiary/aromatic N) is 3. The van der Waals surface area contributed by atoms with Crippen molar-refractivity contribution in [3.05, 3.63) is 11.6 Å². The minimum Gasteiger partial charge on any atom is -0.372 e. The lowest BCUT2D eigenvalue weighted by Crippen LogP contribution is -2.54. The molecule has 1 atom stereocenters. The van der Waals surface area contributed by atoms with Gasteiger partial charge in [-0.3, -0.25) is 5.10 Å². The second-order valence-corrected chi connectivity index (χ2v) is 7.09. The molecule has 0 spiro atoms. The number of amides is 2. The summed E-state index contributed by atoms with van der Waals surface area (Å²) >= 11 is 0. The van der Waals surface area contributed by atoms with Gasteiger partial charge in [0.05, 0.1) is 25.3 Å². The standard InChI is InChI=1S/C15H27N5O2/c1-6-15(5)10-20(7-8-22-15)13(21)16-9-11-17-12(19-18-11)14(2,3)4/h6-10H2,1-5H3,(H,16,21)(H,17,18,19). The molecule has 7 heteroatoms. The van der Waals surface area contributed by atoms with Gasteiger partial charge >= 0.3 is 6.03 Å². The van der Waals surface area contributed by atoms with Gasteiger partial charge in [-0.25, -0.2) is 9.78 Å². The largest absolute Gasteiger partial charge is 0.372 e. The third kappa shape index (κ3) is 3.97. The average molecular weight is 309 g/mol. The van der Waals surface area contributed by atoms with E-state index in [0.717, 1.165) is 12.2 Å². The molecule has 0 aromatic carbocycles.